The van der Waals surface area contributed by atoms with E-state index in [4.69, 9.17) is 18.9 Å². The molecule has 2 saturated heterocycles. The number of aliphatic carboxylic acids is 1. The number of amides is 2. The molecule has 2 heterocycles. The first-order valence-corrected chi connectivity index (χ1v) is 28.0. The minimum atomic E-state index is -2.80. The molecule has 2 rings (SSSR count). The highest BCUT2D eigenvalue weighted by Gasteiger charge is 2.57. The summed E-state index contributed by atoms with van der Waals surface area (Å²) in [6.45, 7) is 3.13. The van der Waals surface area contributed by atoms with Gasteiger partial charge in [-0.05, 0) is 12.8 Å². The number of carbonyl (C=O) groups is 3. The van der Waals surface area contributed by atoms with Gasteiger partial charge < -0.3 is 80.6 Å². The second-order valence-electron chi connectivity index (χ2n) is 20.6. The van der Waals surface area contributed by atoms with Crippen LogP contribution in [0.5, 0.6) is 0 Å². The average molecular weight is 1040 g/mol. The van der Waals surface area contributed by atoms with Crippen LogP contribution in [0.15, 0.2) is 0 Å². The third kappa shape index (κ3) is 25.2. The first-order valence-electron chi connectivity index (χ1n) is 28.0. The molecule has 72 heavy (non-hydrogen) atoms. The molecule has 0 saturated carbocycles. The summed E-state index contributed by atoms with van der Waals surface area (Å²) in [7, 11) is 0. The Bertz CT molecular complexity index is 1420. The predicted molar refractivity (Wildman–Crippen MR) is 270 cm³/mol. The van der Waals surface area contributed by atoms with Crippen molar-refractivity contribution in [3.8, 4) is 0 Å². The number of ether oxygens (including phenoxy) is 4. The van der Waals surface area contributed by atoms with Crippen LogP contribution in [0.3, 0.4) is 0 Å². The zero-order chi connectivity index (χ0) is 53.3. The van der Waals surface area contributed by atoms with Gasteiger partial charge in [0.05, 0.1) is 44.1 Å². The molecule has 19 nitrogen and oxygen atoms in total. The third-order valence-electron chi connectivity index (χ3n) is 14.3. The Hall–Kier alpha value is -2.11. The molecule has 2 aliphatic heterocycles. The molecule has 2 amide bonds. The van der Waals surface area contributed by atoms with Gasteiger partial charge in [-0.1, -0.05) is 181 Å². The molecule has 19 heteroatoms. The maximum Gasteiger partial charge on any atom is 0.364 e. The Morgan fingerprint density at radius 2 is 1.12 bits per heavy atom. The summed E-state index contributed by atoms with van der Waals surface area (Å²) in [5.41, 5.74) is 0. The zero-order valence-corrected chi connectivity index (χ0v) is 44.2. The number of carbonyl (C=O) groups excluding carboxylic acids is 2. The van der Waals surface area contributed by atoms with E-state index in [1.165, 1.54) is 109 Å². The lowest BCUT2D eigenvalue weighted by Crippen LogP contribution is -2.68. The fourth-order valence-electron chi connectivity index (χ4n) is 9.68. The number of rotatable bonds is 43. The van der Waals surface area contributed by atoms with Gasteiger partial charge in [0.15, 0.2) is 6.29 Å². The molecule has 0 aromatic rings. The topological polar surface area (TPSA) is 314 Å². The van der Waals surface area contributed by atoms with Crippen LogP contribution in [0.25, 0.3) is 0 Å². The maximum absolute atomic E-state index is 13.3. The van der Waals surface area contributed by atoms with Gasteiger partial charge in [0.2, 0.25) is 11.8 Å². The highest BCUT2D eigenvalue weighted by atomic mass is 16.7. The van der Waals surface area contributed by atoms with Gasteiger partial charge in [0, 0.05) is 19.8 Å². The highest BCUT2D eigenvalue weighted by Crippen LogP contribution is 2.35. The van der Waals surface area contributed by atoms with Gasteiger partial charge in [-0.2, -0.15) is 0 Å². The molecule has 14 atom stereocenters. The number of hydrogen-bond donors (Lipinski definition) is 12. The molecule has 424 valence electrons. The Labute approximate surface area is 430 Å². The lowest BCUT2D eigenvalue weighted by atomic mass is 9.88. The summed E-state index contributed by atoms with van der Waals surface area (Å²) in [5.74, 6) is -5.70. The van der Waals surface area contributed by atoms with Crippen LogP contribution in [0.2, 0.25) is 0 Å². The molecular formula is C53H100N2O17. The van der Waals surface area contributed by atoms with Gasteiger partial charge in [-0.15, -0.1) is 0 Å². The quantitative estimate of drug-likeness (QED) is 0.0373. The summed E-state index contributed by atoms with van der Waals surface area (Å²) in [6.07, 6.45) is 11.3. The number of aliphatic hydroxyl groups excluding tert-OH is 9. The van der Waals surface area contributed by atoms with E-state index in [0.29, 0.717) is 12.8 Å². The number of nitrogens with one attached hydrogen (secondary N) is 2. The molecule has 0 aromatic heterocycles. The van der Waals surface area contributed by atoms with Crippen LogP contribution in [0, 0.1) is 0 Å². The number of carboxylic acid groups (broad SMARTS) is 1. The predicted octanol–water partition coefficient (Wildman–Crippen LogP) is 4.54. The minimum Gasteiger partial charge on any atom is -0.477 e. The molecule has 0 bridgehead atoms. The summed E-state index contributed by atoms with van der Waals surface area (Å²) < 4.78 is 22.9. The molecule has 12 N–H and O–H groups in total. The second-order valence-corrected chi connectivity index (χ2v) is 20.6. The lowest BCUT2D eigenvalue weighted by Gasteiger charge is -2.47. The van der Waals surface area contributed by atoms with Crippen LogP contribution in [-0.2, 0) is 33.3 Å². The van der Waals surface area contributed by atoms with Crippen LogP contribution in [0.1, 0.15) is 213 Å². The van der Waals surface area contributed by atoms with Crippen molar-refractivity contribution in [3.05, 3.63) is 0 Å². The van der Waals surface area contributed by atoms with Crippen molar-refractivity contribution in [1.29, 1.82) is 0 Å². The van der Waals surface area contributed by atoms with Crippen molar-refractivity contribution < 1.29 is 84.4 Å². The first-order chi connectivity index (χ1) is 34.5. The SMILES string of the molecule is CCCCCCCCCCCCCCCCCC(=O)N[C@@H](CO[C@@H]1O[C@H](CO[C@]2(C(=O)O)C[C@H](O)[C@@H](NC(C)=O)[C@H]([C@H](O)[C@H](O)CO)O2)[C@@H](O)[C@H](O)[C@H]1O)[C@@H](O)[C@H](O)CCCCCCCCCCCCCC. The van der Waals surface area contributed by atoms with Gasteiger partial charge in [-0.3, -0.25) is 9.59 Å². The van der Waals surface area contributed by atoms with E-state index >= 15 is 0 Å². The monoisotopic (exact) mass is 1040 g/mol. The van der Waals surface area contributed by atoms with Gasteiger partial charge in [-0.25, -0.2) is 4.79 Å². The number of aliphatic hydroxyl groups is 9. The fraction of sp³-hybridized carbons (Fsp3) is 0.943. The number of unbranched alkanes of at least 4 members (excludes halogenated alkanes) is 25. The number of carboxylic acids is 1. The summed E-state index contributed by atoms with van der Waals surface area (Å²) in [6, 6.07) is -2.66. The van der Waals surface area contributed by atoms with Crippen LogP contribution in [0.4, 0.5) is 0 Å². The van der Waals surface area contributed by atoms with Crippen molar-refractivity contribution in [3.63, 3.8) is 0 Å². The van der Waals surface area contributed by atoms with E-state index in [1.807, 2.05) is 0 Å². The van der Waals surface area contributed by atoms with Crippen LogP contribution < -0.4 is 10.6 Å². The van der Waals surface area contributed by atoms with Crippen LogP contribution in [-0.4, -0.2) is 174 Å². The smallest absolute Gasteiger partial charge is 0.364 e. The Balaban J connectivity index is 2.05. The first kappa shape index (κ1) is 66.0. The largest absolute Gasteiger partial charge is 0.477 e. The average Bonchev–Trinajstić information content (AvgIpc) is 3.35. The van der Waals surface area contributed by atoms with E-state index in [-0.39, 0.29) is 18.7 Å². The molecule has 0 aliphatic carbocycles. The van der Waals surface area contributed by atoms with Crippen molar-refractivity contribution in [2.24, 2.45) is 0 Å². The normalized spacial score (nSPS) is 26.7. The molecule has 0 spiro atoms. The maximum atomic E-state index is 13.3. The van der Waals surface area contributed by atoms with Crippen molar-refractivity contribution in [2.75, 3.05) is 19.8 Å². The Morgan fingerprint density at radius 1 is 0.653 bits per heavy atom. The highest BCUT2D eigenvalue weighted by molar-refractivity contribution is 5.77. The van der Waals surface area contributed by atoms with Crippen molar-refractivity contribution >= 4 is 17.8 Å². The van der Waals surface area contributed by atoms with Gasteiger partial charge >= 0.3 is 5.97 Å². The molecule has 0 unspecified atom stereocenters. The van der Waals surface area contributed by atoms with Crippen LogP contribution >= 0.6 is 0 Å². The Morgan fingerprint density at radius 3 is 1.58 bits per heavy atom. The summed E-state index contributed by atoms with van der Waals surface area (Å²) in [4.78, 5) is 38.0. The van der Waals surface area contributed by atoms with E-state index in [9.17, 15) is 65.4 Å². The third-order valence-corrected chi connectivity index (χ3v) is 14.3. The molecular weight excluding hydrogens is 937 g/mol. The molecule has 2 fully saturated rings. The minimum absolute atomic E-state index is 0.160. The van der Waals surface area contributed by atoms with Gasteiger partial charge in [0.1, 0.15) is 48.8 Å². The van der Waals surface area contributed by atoms with E-state index in [0.717, 1.165) is 58.3 Å². The molecule has 0 aromatic carbocycles. The standard InChI is InChI=1S/C53H100N2O17/c1-4-6-8-10-12-14-16-18-19-20-22-24-26-28-30-32-43(61)55-38(45(62)39(58)31-29-27-25-23-21-17-15-13-11-9-7-5-2)35-69-51-49(66)48(65)47(64)42(71-51)36-70-53(52(67)68)33-40(59)44(54-37(3)57)50(72-53)46(63)41(60)34-56/h38-42,44-51,56,58-60,62-66H,4-36H2,1-3H3,(H,54,57)(H,55,61)(H,67,68)/t38-,39+,40-,41+,42+,44+,45+,46+,47+,48-,49+,50+,51+,53+/m0/s1. The Kier molecular flexibility index (Phi) is 35.2. The lowest BCUT2D eigenvalue weighted by molar-refractivity contribution is -0.339. The summed E-state index contributed by atoms with van der Waals surface area (Å²) >= 11 is 0. The van der Waals surface area contributed by atoms with Gasteiger partial charge in [0.25, 0.3) is 5.79 Å². The van der Waals surface area contributed by atoms with E-state index < -0.39 is 123 Å². The van der Waals surface area contributed by atoms with Crippen molar-refractivity contribution in [1.82, 2.24) is 10.6 Å². The number of hydrogen-bond acceptors (Lipinski definition) is 16. The zero-order valence-electron chi connectivity index (χ0n) is 44.2. The second kappa shape index (κ2) is 38.4. The molecule has 0 radical (unpaired) electrons. The fourth-order valence-corrected chi connectivity index (χ4v) is 9.68. The van der Waals surface area contributed by atoms with E-state index in [2.05, 4.69) is 24.5 Å². The summed E-state index contributed by atoms with van der Waals surface area (Å²) in [5, 5.41) is 112. The van der Waals surface area contributed by atoms with E-state index in [1.54, 1.807) is 0 Å². The van der Waals surface area contributed by atoms with Crippen molar-refractivity contribution in [2.45, 2.75) is 299 Å². The molecule has 2 aliphatic rings.